The van der Waals surface area contributed by atoms with Crippen LogP contribution < -0.4 is 0 Å². The maximum Gasteiger partial charge on any atom is 0.157 e. The Morgan fingerprint density at radius 2 is 2.00 bits per heavy atom. The van der Waals surface area contributed by atoms with Crippen LogP contribution in [0.5, 0.6) is 0 Å². The van der Waals surface area contributed by atoms with Crippen molar-refractivity contribution < 1.29 is 14.3 Å². The smallest absolute Gasteiger partial charge is 0.157 e. The van der Waals surface area contributed by atoms with Crippen LogP contribution in [0.2, 0.25) is 0 Å². The van der Waals surface area contributed by atoms with E-state index in [4.69, 9.17) is 9.47 Å². The highest BCUT2D eigenvalue weighted by Crippen LogP contribution is 2.27. The fourth-order valence-electron chi connectivity index (χ4n) is 2.08. The first-order chi connectivity index (χ1) is 6.34. The van der Waals surface area contributed by atoms with E-state index in [1.165, 1.54) is 0 Å². The molecule has 0 amide bonds. The molecule has 1 heterocycles. The summed E-state index contributed by atoms with van der Waals surface area (Å²) in [5.74, 6) is 1.03. The molecule has 2 rings (SSSR count). The van der Waals surface area contributed by atoms with Gasteiger partial charge in [0.1, 0.15) is 5.78 Å². The molecule has 1 atom stereocenters. The van der Waals surface area contributed by atoms with Crippen LogP contribution in [0.3, 0.4) is 0 Å². The Hall–Kier alpha value is -0.410. The first-order valence-corrected chi connectivity index (χ1v) is 5.09. The predicted octanol–water partition coefficient (Wildman–Crippen LogP) is 1.51. The van der Waals surface area contributed by atoms with Crippen LogP contribution in [0.1, 0.15) is 32.1 Å². The third-order valence-corrected chi connectivity index (χ3v) is 2.85. The molecule has 3 nitrogen and oxygen atoms in total. The monoisotopic (exact) mass is 184 g/mol. The molecule has 3 heteroatoms. The first-order valence-electron chi connectivity index (χ1n) is 5.09. The normalized spacial score (nSPS) is 30.2. The third kappa shape index (κ3) is 2.51. The van der Waals surface area contributed by atoms with Gasteiger partial charge in [0.2, 0.25) is 0 Å². The molecular weight excluding hydrogens is 168 g/mol. The van der Waals surface area contributed by atoms with E-state index >= 15 is 0 Å². The summed E-state index contributed by atoms with van der Waals surface area (Å²) in [6.07, 6.45) is 4.69. The van der Waals surface area contributed by atoms with Crippen LogP contribution in [0.15, 0.2) is 0 Å². The summed E-state index contributed by atoms with van der Waals surface area (Å²) in [5.41, 5.74) is 0. The third-order valence-electron chi connectivity index (χ3n) is 2.85. The largest absolute Gasteiger partial charge is 0.350 e. The summed E-state index contributed by atoms with van der Waals surface area (Å²) in [6.45, 7) is 1.46. The minimum absolute atomic E-state index is 0.00991. The maximum absolute atomic E-state index is 11.0. The first kappa shape index (κ1) is 9.16. The fraction of sp³-hybridized carbons (Fsp3) is 0.900. The van der Waals surface area contributed by atoms with E-state index in [9.17, 15) is 4.79 Å². The van der Waals surface area contributed by atoms with Crippen molar-refractivity contribution >= 4 is 5.78 Å². The van der Waals surface area contributed by atoms with E-state index in [-0.39, 0.29) is 6.29 Å². The van der Waals surface area contributed by atoms with E-state index in [1.807, 2.05) is 0 Å². The molecule has 74 valence electrons. The van der Waals surface area contributed by atoms with Crippen LogP contribution in [-0.4, -0.2) is 25.3 Å². The van der Waals surface area contributed by atoms with Gasteiger partial charge in [0.15, 0.2) is 6.29 Å². The highest BCUT2D eigenvalue weighted by molar-refractivity contribution is 5.80. The summed E-state index contributed by atoms with van der Waals surface area (Å²) < 4.78 is 10.7. The Bertz CT molecular complexity index is 185. The van der Waals surface area contributed by atoms with E-state index in [0.29, 0.717) is 11.7 Å². The molecule has 1 aliphatic carbocycles. The second-order valence-electron chi connectivity index (χ2n) is 3.90. The van der Waals surface area contributed by atoms with Gasteiger partial charge in [-0.05, 0) is 25.2 Å². The second-order valence-corrected chi connectivity index (χ2v) is 3.90. The average Bonchev–Trinajstić information content (AvgIpc) is 2.71. The van der Waals surface area contributed by atoms with Crippen LogP contribution in [0.4, 0.5) is 0 Å². The summed E-state index contributed by atoms with van der Waals surface area (Å²) in [5, 5.41) is 0. The number of rotatable bonds is 3. The van der Waals surface area contributed by atoms with Crippen LogP contribution in [-0.2, 0) is 14.3 Å². The lowest BCUT2D eigenvalue weighted by atomic mass is 10.0. The van der Waals surface area contributed by atoms with Gasteiger partial charge in [-0.1, -0.05) is 0 Å². The van der Waals surface area contributed by atoms with Crippen molar-refractivity contribution in [3.8, 4) is 0 Å². The Labute approximate surface area is 78.4 Å². The SMILES string of the molecule is O=C1CCC(CCC2OCCO2)C1. The van der Waals surface area contributed by atoms with Crippen LogP contribution >= 0.6 is 0 Å². The summed E-state index contributed by atoms with van der Waals surface area (Å²) in [6, 6.07) is 0. The minimum atomic E-state index is 0.00991. The molecule has 13 heavy (non-hydrogen) atoms. The van der Waals surface area contributed by atoms with Crippen molar-refractivity contribution in [2.24, 2.45) is 5.92 Å². The van der Waals surface area contributed by atoms with Crippen molar-refractivity contribution in [1.29, 1.82) is 0 Å². The van der Waals surface area contributed by atoms with E-state index < -0.39 is 0 Å². The number of ketones is 1. The molecule has 0 N–H and O–H groups in total. The average molecular weight is 184 g/mol. The molecule has 0 radical (unpaired) electrons. The Morgan fingerprint density at radius 1 is 1.23 bits per heavy atom. The van der Waals surface area contributed by atoms with E-state index in [2.05, 4.69) is 0 Å². The van der Waals surface area contributed by atoms with E-state index in [1.54, 1.807) is 0 Å². The molecule has 0 spiro atoms. The molecule has 0 bridgehead atoms. The quantitative estimate of drug-likeness (QED) is 0.667. The lowest BCUT2D eigenvalue weighted by Gasteiger charge is -2.11. The van der Waals surface area contributed by atoms with Crippen molar-refractivity contribution in [3.63, 3.8) is 0 Å². The van der Waals surface area contributed by atoms with Crippen molar-refractivity contribution in [2.75, 3.05) is 13.2 Å². The summed E-state index contributed by atoms with van der Waals surface area (Å²) >= 11 is 0. The molecule has 0 aromatic rings. The minimum Gasteiger partial charge on any atom is -0.350 e. The number of carbonyl (C=O) groups is 1. The maximum atomic E-state index is 11.0. The van der Waals surface area contributed by atoms with Gasteiger partial charge in [-0.25, -0.2) is 0 Å². The highest BCUT2D eigenvalue weighted by atomic mass is 16.7. The number of hydrogen-bond acceptors (Lipinski definition) is 3. The van der Waals surface area contributed by atoms with Gasteiger partial charge in [-0.3, -0.25) is 4.79 Å². The Balaban J connectivity index is 1.64. The van der Waals surface area contributed by atoms with Crippen molar-refractivity contribution in [3.05, 3.63) is 0 Å². The topological polar surface area (TPSA) is 35.5 Å². The van der Waals surface area contributed by atoms with Crippen molar-refractivity contribution in [2.45, 2.75) is 38.4 Å². The number of hydrogen-bond donors (Lipinski definition) is 0. The molecule has 1 unspecified atom stereocenters. The molecule has 2 fully saturated rings. The molecule has 1 aliphatic heterocycles. The van der Waals surface area contributed by atoms with Gasteiger partial charge in [0.05, 0.1) is 13.2 Å². The van der Waals surface area contributed by atoms with Gasteiger partial charge >= 0.3 is 0 Å². The highest BCUT2D eigenvalue weighted by Gasteiger charge is 2.24. The Kier molecular flexibility index (Phi) is 2.96. The number of ether oxygens (including phenoxy) is 2. The van der Waals surface area contributed by atoms with Gasteiger partial charge in [0, 0.05) is 12.8 Å². The van der Waals surface area contributed by atoms with E-state index in [0.717, 1.165) is 45.3 Å². The van der Waals surface area contributed by atoms with Crippen molar-refractivity contribution in [1.82, 2.24) is 0 Å². The number of carbonyl (C=O) groups excluding carboxylic acids is 1. The summed E-state index contributed by atoms with van der Waals surface area (Å²) in [4.78, 5) is 11.0. The zero-order valence-corrected chi connectivity index (χ0v) is 7.83. The fourth-order valence-corrected chi connectivity index (χ4v) is 2.08. The molecule has 0 aromatic heterocycles. The van der Waals surface area contributed by atoms with Gasteiger partial charge in [-0.2, -0.15) is 0 Å². The molecule has 0 aromatic carbocycles. The summed E-state index contributed by atoms with van der Waals surface area (Å²) in [7, 11) is 0. The number of Topliss-reactive ketones (excluding diaryl/α,β-unsaturated/α-hetero) is 1. The lowest BCUT2D eigenvalue weighted by molar-refractivity contribution is -0.117. The lowest BCUT2D eigenvalue weighted by Crippen LogP contribution is -2.09. The van der Waals surface area contributed by atoms with Crippen LogP contribution in [0, 0.1) is 5.92 Å². The second kappa shape index (κ2) is 4.20. The predicted molar refractivity (Wildman–Crippen MR) is 47.3 cm³/mol. The Morgan fingerprint density at radius 3 is 2.62 bits per heavy atom. The van der Waals surface area contributed by atoms with Crippen LogP contribution in [0.25, 0.3) is 0 Å². The molecule has 2 aliphatic rings. The standard InChI is InChI=1S/C10H16O3/c11-9-3-1-8(7-9)2-4-10-12-5-6-13-10/h8,10H,1-7H2. The van der Waals surface area contributed by atoms with Gasteiger partial charge in [0.25, 0.3) is 0 Å². The molecule has 1 saturated heterocycles. The molecule has 1 saturated carbocycles. The zero-order chi connectivity index (χ0) is 9.10. The zero-order valence-electron chi connectivity index (χ0n) is 7.83. The van der Waals surface area contributed by atoms with Gasteiger partial charge in [-0.15, -0.1) is 0 Å². The molecular formula is C10H16O3. The van der Waals surface area contributed by atoms with Gasteiger partial charge < -0.3 is 9.47 Å².